The maximum absolute atomic E-state index is 11.8. The Morgan fingerprint density at radius 1 is 1.44 bits per heavy atom. The Hall–Kier alpha value is -1.30. The molecule has 1 fully saturated rings. The van der Waals surface area contributed by atoms with E-state index in [4.69, 9.17) is 9.84 Å². The maximum Gasteiger partial charge on any atom is 0.317 e. The molecular formula is C12H22N2O4. The second-order valence-electron chi connectivity index (χ2n) is 4.88. The van der Waals surface area contributed by atoms with Gasteiger partial charge in [0.25, 0.3) is 0 Å². The highest BCUT2D eigenvalue weighted by Gasteiger charge is 2.19. The van der Waals surface area contributed by atoms with Gasteiger partial charge in [-0.15, -0.1) is 0 Å². The molecule has 18 heavy (non-hydrogen) atoms. The molecule has 1 saturated heterocycles. The van der Waals surface area contributed by atoms with Crippen LogP contribution >= 0.6 is 0 Å². The normalized spacial score (nSPS) is 18.1. The molecule has 6 nitrogen and oxygen atoms in total. The molecule has 0 aromatic carbocycles. The first-order valence-electron chi connectivity index (χ1n) is 6.30. The van der Waals surface area contributed by atoms with Gasteiger partial charge in [-0.25, -0.2) is 4.79 Å². The molecule has 1 rings (SSSR count). The molecule has 1 atom stereocenters. The highest BCUT2D eigenvalue weighted by molar-refractivity contribution is 5.75. The van der Waals surface area contributed by atoms with Gasteiger partial charge in [0.15, 0.2) is 0 Å². The standard InChI is InChI=1S/C12H22N2O4/c1-9(7-11(15)16)13-12(17)14(2)8-10-3-5-18-6-4-10/h9-10H,3-8H2,1-2H3,(H,13,17)(H,15,16). The minimum absolute atomic E-state index is 0.0587. The van der Waals surface area contributed by atoms with E-state index in [2.05, 4.69) is 5.32 Å². The van der Waals surface area contributed by atoms with Gasteiger partial charge in [0.1, 0.15) is 0 Å². The van der Waals surface area contributed by atoms with E-state index in [9.17, 15) is 9.59 Å². The largest absolute Gasteiger partial charge is 0.481 e. The molecule has 6 heteroatoms. The van der Waals surface area contributed by atoms with Crippen LogP contribution in [-0.4, -0.2) is 54.9 Å². The molecule has 0 spiro atoms. The zero-order chi connectivity index (χ0) is 13.5. The number of carboxylic acid groups (broad SMARTS) is 1. The summed E-state index contributed by atoms with van der Waals surface area (Å²) in [5, 5.41) is 11.3. The minimum atomic E-state index is -0.908. The second kappa shape index (κ2) is 7.20. The topological polar surface area (TPSA) is 78.9 Å². The van der Waals surface area contributed by atoms with Crippen LogP contribution in [0.1, 0.15) is 26.2 Å². The minimum Gasteiger partial charge on any atom is -0.481 e. The van der Waals surface area contributed by atoms with E-state index in [0.717, 1.165) is 26.1 Å². The fourth-order valence-corrected chi connectivity index (χ4v) is 2.03. The Morgan fingerprint density at radius 3 is 2.61 bits per heavy atom. The van der Waals surface area contributed by atoms with Crippen molar-refractivity contribution in [1.82, 2.24) is 10.2 Å². The van der Waals surface area contributed by atoms with Gasteiger partial charge in [-0.3, -0.25) is 4.79 Å². The Labute approximate surface area is 107 Å². The molecule has 0 saturated carbocycles. The van der Waals surface area contributed by atoms with Crippen LogP contribution in [0.15, 0.2) is 0 Å². The van der Waals surface area contributed by atoms with Crippen molar-refractivity contribution in [3.05, 3.63) is 0 Å². The van der Waals surface area contributed by atoms with E-state index in [0.29, 0.717) is 12.5 Å². The van der Waals surface area contributed by atoms with E-state index in [1.807, 2.05) is 0 Å². The number of carboxylic acids is 1. The lowest BCUT2D eigenvalue weighted by atomic mass is 10.00. The van der Waals surface area contributed by atoms with Crippen LogP contribution in [0.5, 0.6) is 0 Å². The molecule has 1 heterocycles. The number of carbonyl (C=O) groups excluding carboxylic acids is 1. The second-order valence-corrected chi connectivity index (χ2v) is 4.88. The van der Waals surface area contributed by atoms with Crippen molar-refractivity contribution in [3.8, 4) is 0 Å². The molecule has 0 aliphatic carbocycles. The lowest BCUT2D eigenvalue weighted by Gasteiger charge is -2.28. The lowest BCUT2D eigenvalue weighted by Crippen LogP contribution is -2.44. The van der Waals surface area contributed by atoms with Gasteiger partial charge < -0.3 is 20.1 Å². The van der Waals surface area contributed by atoms with Crippen molar-refractivity contribution in [1.29, 1.82) is 0 Å². The number of hydrogen-bond donors (Lipinski definition) is 2. The van der Waals surface area contributed by atoms with Crippen molar-refractivity contribution in [2.45, 2.75) is 32.2 Å². The van der Waals surface area contributed by atoms with Crippen molar-refractivity contribution < 1.29 is 19.4 Å². The predicted octanol–water partition coefficient (Wildman–Crippen LogP) is 0.918. The van der Waals surface area contributed by atoms with Gasteiger partial charge in [-0.05, 0) is 25.7 Å². The smallest absolute Gasteiger partial charge is 0.317 e. The summed E-state index contributed by atoms with van der Waals surface area (Å²) in [6.07, 6.45) is 1.89. The van der Waals surface area contributed by atoms with Gasteiger partial charge in [-0.1, -0.05) is 0 Å². The molecule has 2 N–H and O–H groups in total. The molecule has 1 aliphatic heterocycles. The van der Waals surface area contributed by atoms with Crippen LogP contribution in [0.2, 0.25) is 0 Å². The van der Waals surface area contributed by atoms with Gasteiger partial charge in [0.2, 0.25) is 0 Å². The van der Waals surface area contributed by atoms with Gasteiger partial charge in [-0.2, -0.15) is 0 Å². The predicted molar refractivity (Wildman–Crippen MR) is 66.4 cm³/mol. The first-order valence-corrected chi connectivity index (χ1v) is 6.30. The summed E-state index contributed by atoms with van der Waals surface area (Å²) in [7, 11) is 1.73. The van der Waals surface area contributed by atoms with E-state index >= 15 is 0 Å². The van der Waals surface area contributed by atoms with Gasteiger partial charge in [0.05, 0.1) is 6.42 Å². The number of nitrogens with one attached hydrogen (secondary N) is 1. The average Bonchev–Trinajstić information content (AvgIpc) is 2.28. The number of rotatable bonds is 5. The van der Waals surface area contributed by atoms with Crippen molar-refractivity contribution in [2.75, 3.05) is 26.8 Å². The number of nitrogens with zero attached hydrogens (tertiary/aromatic N) is 1. The quantitative estimate of drug-likeness (QED) is 0.768. The third-order valence-electron chi connectivity index (χ3n) is 3.07. The Bertz CT molecular complexity index is 290. The third kappa shape index (κ3) is 5.35. The van der Waals surface area contributed by atoms with Crippen LogP contribution < -0.4 is 5.32 Å². The van der Waals surface area contributed by atoms with Gasteiger partial charge >= 0.3 is 12.0 Å². The number of urea groups is 1. The molecule has 104 valence electrons. The lowest BCUT2D eigenvalue weighted by molar-refractivity contribution is -0.137. The molecule has 1 aliphatic rings. The summed E-state index contributed by atoms with van der Waals surface area (Å²) >= 11 is 0. The van der Waals surface area contributed by atoms with E-state index in [1.165, 1.54) is 0 Å². The van der Waals surface area contributed by atoms with Crippen LogP contribution in [0.4, 0.5) is 4.79 Å². The van der Waals surface area contributed by atoms with Crippen LogP contribution in [-0.2, 0) is 9.53 Å². The molecule has 0 bridgehead atoms. The molecule has 0 aromatic rings. The fourth-order valence-electron chi connectivity index (χ4n) is 2.03. The summed E-state index contributed by atoms with van der Waals surface area (Å²) in [6, 6.07) is -0.567. The maximum atomic E-state index is 11.8. The van der Waals surface area contributed by atoms with Crippen molar-refractivity contribution in [3.63, 3.8) is 0 Å². The first kappa shape index (κ1) is 14.8. The number of aliphatic carboxylic acids is 1. The highest BCUT2D eigenvalue weighted by atomic mass is 16.5. The molecule has 0 radical (unpaired) electrons. The zero-order valence-corrected chi connectivity index (χ0v) is 11.0. The van der Waals surface area contributed by atoms with Crippen molar-refractivity contribution in [2.24, 2.45) is 5.92 Å². The van der Waals surface area contributed by atoms with E-state index in [-0.39, 0.29) is 18.5 Å². The van der Waals surface area contributed by atoms with E-state index < -0.39 is 5.97 Å². The van der Waals surface area contributed by atoms with Crippen molar-refractivity contribution >= 4 is 12.0 Å². The number of ether oxygens (including phenoxy) is 1. The molecule has 2 amide bonds. The number of carbonyl (C=O) groups is 2. The van der Waals surface area contributed by atoms with Crippen LogP contribution in [0, 0.1) is 5.92 Å². The zero-order valence-electron chi connectivity index (χ0n) is 11.0. The SMILES string of the molecule is CC(CC(=O)O)NC(=O)N(C)CC1CCOCC1. The number of amides is 2. The summed E-state index contributed by atoms with van der Waals surface area (Å²) < 4.78 is 5.27. The average molecular weight is 258 g/mol. The Balaban J connectivity index is 2.29. The molecular weight excluding hydrogens is 236 g/mol. The summed E-state index contributed by atoms with van der Waals surface area (Å²) in [4.78, 5) is 23.9. The first-order chi connectivity index (χ1) is 8.49. The molecule has 1 unspecified atom stereocenters. The Morgan fingerprint density at radius 2 is 2.06 bits per heavy atom. The summed E-state index contributed by atoms with van der Waals surface area (Å²) in [5.41, 5.74) is 0. The summed E-state index contributed by atoms with van der Waals surface area (Å²) in [6.45, 7) is 3.90. The highest BCUT2D eigenvalue weighted by Crippen LogP contribution is 2.15. The summed E-state index contributed by atoms with van der Waals surface area (Å²) in [5.74, 6) is -0.431. The fraction of sp³-hybridized carbons (Fsp3) is 0.833. The molecule has 0 aromatic heterocycles. The third-order valence-corrected chi connectivity index (χ3v) is 3.07. The van der Waals surface area contributed by atoms with E-state index in [1.54, 1.807) is 18.9 Å². The monoisotopic (exact) mass is 258 g/mol. The van der Waals surface area contributed by atoms with Crippen LogP contribution in [0.25, 0.3) is 0 Å². The van der Waals surface area contributed by atoms with Gasteiger partial charge in [0, 0.05) is 32.8 Å². The van der Waals surface area contributed by atoms with Crippen LogP contribution in [0.3, 0.4) is 0 Å². The Kier molecular flexibility index (Phi) is 5.91. The number of hydrogen-bond acceptors (Lipinski definition) is 3.